The SMILES string of the molecule is O=C(NC1(c2cccc(Cl)c2)CC1)c1cccnc1. The zero-order valence-electron chi connectivity index (χ0n) is 10.3. The highest BCUT2D eigenvalue weighted by atomic mass is 35.5. The molecule has 1 aromatic heterocycles. The summed E-state index contributed by atoms with van der Waals surface area (Å²) in [7, 11) is 0. The lowest BCUT2D eigenvalue weighted by atomic mass is 10.0. The van der Waals surface area contributed by atoms with Gasteiger partial charge in [-0.05, 0) is 42.7 Å². The van der Waals surface area contributed by atoms with Crippen LogP contribution >= 0.6 is 11.6 Å². The van der Waals surface area contributed by atoms with Gasteiger partial charge < -0.3 is 5.32 Å². The Hall–Kier alpha value is -1.87. The molecule has 0 unspecified atom stereocenters. The van der Waals surface area contributed by atoms with Gasteiger partial charge in [0.05, 0.1) is 11.1 Å². The molecule has 0 bridgehead atoms. The Morgan fingerprint density at radius 2 is 2.11 bits per heavy atom. The minimum absolute atomic E-state index is 0.0921. The normalized spacial score (nSPS) is 15.8. The van der Waals surface area contributed by atoms with Crippen LogP contribution in [0.25, 0.3) is 0 Å². The van der Waals surface area contributed by atoms with E-state index in [0.29, 0.717) is 10.6 Å². The maximum absolute atomic E-state index is 12.2. The first-order valence-corrected chi connectivity index (χ1v) is 6.56. The van der Waals surface area contributed by atoms with Crippen molar-refractivity contribution in [3.63, 3.8) is 0 Å². The number of halogens is 1. The van der Waals surface area contributed by atoms with Gasteiger partial charge in [0.15, 0.2) is 0 Å². The van der Waals surface area contributed by atoms with Crippen LogP contribution in [0, 0.1) is 0 Å². The Kier molecular flexibility index (Phi) is 2.99. The number of hydrogen-bond acceptors (Lipinski definition) is 2. The Morgan fingerprint density at radius 3 is 2.74 bits per heavy atom. The highest BCUT2D eigenvalue weighted by Crippen LogP contribution is 2.46. The fourth-order valence-corrected chi connectivity index (χ4v) is 2.37. The summed E-state index contributed by atoms with van der Waals surface area (Å²) in [5.41, 5.74) is 1.39. The molecule has 2 aromatic rings. The van der Waals surface area contributed by atoms with Gasteiger partial charge in [0, 0.05) is 17.4 Å². The molecule has 1 aromatic carbocycles. The molecule has 96 valence electrons. The van der Waals surface area contributed by atoms with Crippen molar-refractivity contribution in [1.29, 1.82) is 0 Å². The molecule has 3 nitrogen and oxygen atoms in total. The first-order valence-electron chi connectivity index (χ1n) is 6.18. The van der Waals surface area contributed by atoms with Gasteiger partial charge in [-0.1, -0.05) is 23.7 Å². The van der Waals surface area contributed by atoms with Crippen molar-refractivity contribution < 1.29 is 4.79 Å². The summed E-state index contributed by atoms with van der Waals surface area (Å²) < 4.78 is 0. The lowest BCUT2D eigenvalue weighted by Crippen LogP contribution is -2.34. The number of benzene rings is 1. The minimum atomic E-state index is -0.252. The van der Waals surface area contributed by atoms with Crippen LogP contribution in [0.3, 0.4) is 0 Å². The summed E-state index contributed by atoms with van der Waals surface area (Å²) in [6, 6.07) is 11.2. The van der Waals surface area contributed by atoms with Crippen LogP contribution in [-0.4, -0.2) is 10.9 Å². The van der Waals surface area contributed by atoms with Crippen molar-refractivity contribution >= 4 is 17.5 Å². The third kappa shape index (κ3) is 2.47. The molecule has 0 atom stereocenters. The minimum Gasteiger partial charge on any atom is -0.342 e. The van der Waals surface area contributed by atoms with E-state index >= 15 is 0 Å². The number of carbonyl (C=O) groups excluding carboxylic acids is 1. The van der Waals surface area contributed by atoms with Crippen molar-refractivity contribution in [3.05, 3.63) is 64.9 Å². The van der Waals surface area contributed by atoms with Crippen molar-refractivity contribution in [1.82, 2.24) is 10.3 Å². The van der Waals surface area contributed by atoms with Crippen molar-refractivity contribution in [2.75, 3.05) is 0 Å². The second-order valence-corrected chi connectivity index (χ2v) is 5.22. The number of amides is 1. The quantitative estimate of drug-likeness (QED) is 0.933. The molecule has 19 heavy (non-hydrogen) atoms. The van der Waals surface area contributed by atoms with Crippen LogP contribution < -0.4 is 5.32 Å². The Labute approximate surface area is 116 Å². The summed E-state index contributed by atoms with van der Waals surface area (Å²) in [5, 5.41) is 3.78. The Morgan fingerprint density at radius 1 is 1.26 bits per heavy atom. The van der Waals surface area contributed by atoms with Crippen LogP contribution in [0.15, 0.2) is 48.8 Å². The summed E-state index contributed by atoms with van der Waals surface area (Å²) in [6.07, 6.45) is 5.11. The molecule has 0 radical (unpaired) electrons. The predicted molar refractivity (Wildman–Crippen MR) is 74.1 cm³/mol. The highest BCUT2D eigenvalue weighted by Gasteiger charge is 2.45. The van der Waals surface area contributed by atoms with E-state index in [9.17, 15) is 4.79 Å². The molecule has 0 saturated heterocycles. The summed E-state index contributed by atoms with van der Waals surface area (Å²) >= 11 is 6.01. The molecule has 1 heterocycles. The predicted octanol–water partition coefficient (Wildman–Crippen LogP) is 3.15. The second-order valence-electron chi connectivity index (χ2n) is 4.79. The maximum atomic E-state index is 12.2. The highest BCUT2D eigenvalue weighted by molar-refractivity contribution is 6.30. The van der Waals surface area contributed by atoms with E-state index in [1.54, 1.807) is 24.5 Å². The average molecular weight is 273 g/mol. The number of pyridine rings is 1. The fraction of sp³-hybridized carbons (Fsp3) is 0.200. The van der Waals surface area contributed by atoms with Gasteiger partial charge in [0.2, 0.25) is 0 Å². The van der Waals surface area contributed by atoms with Crippen LogP contribution in [0.5, 0.6) is 0 Å². The van der Waals surface area contributed by atoms with Gasteiger partial charge in [-0.15, -0.1) is 0 Å². The number of rotatable bonds is 3. The van der Waals surface area contributed by atoms with Crippen molar-refractivity contribution in [3.8, 4) is 0 Å². The lowest BCUT2D eigenvalue weighted by Gasteiger charge is -2.18. The topological polar surface area (TPSA) is 42.0 Å². The van der Waals surface area contributed by atoms with Gasteiger partial charge in [-0.3, -0.25) is 9.78 Å². The maximum Gasteiger partial charge on any atom is 0.253 e. The third-order valence-electron chi connectivity index (χ3n) is 3.40. The summed E-state index contributed by atoms with van der Waals surface area (Å²) in [6.45, 7) is 0. The molecule has 0 aliphatic heterocycles. The molecule has 1 saturated carbocycles. The molecule has 1 fully saturated rings. The van der Waals surface area contributed by atoms with E-state index < -0.39 is 0 Å². The van der Waals surface area contributed by atoms with Gasteiger partial charge >= 0.3 is 0 Å². The molecular formula is C15H13ClN2O. The van der Waals surface area contributed by atoms with E-state index in [4.69, 9.17) is 11.6 Å². The second kappa shape index (κ2) is 4.67. The lowest BCUT2D eigenvalue weighted by molar-refractivity contribution is 0.0930. The first-order chi connectivity index (χ1) is 9.20. The monoisotopic (exact) mass is 272 g/mol. The molecule has 1 N–H and O–H groups in total. The van der Waals surface area contributed by atoms with Gasteiger partial charge in [0.25, 0.3) is 5.91 Å². The zero-order chi connectivity index (χ0) is 13.3. The Bertz CT molecular complexity index is 609. The van der Waals surface area contributed by atoms with E-state index in [1.807, 2.05) is 24.3 Å². The third-order valence-corrected chi connectivity index (χ3v) is 3.64. The summed E-state index contributed by atoms with van der Waals surface area (Å²) in [5.74, 6) is -0.0921. The van der Waals surface area contributed by atoms with Crippen molar-refractivity contribution in [2.24, 2.45) is 0 Å². The van der Waals surface area contributed by atoms with Crippen LogP contribution in [0.1, 0.15) is 28.8 Å². The molecule has 1 amide bonds. The molecule has 1 aliphatic carbocycles. The fourth-order valence-electron chi connectivity index (χ4n) is 2.18. The Balaban J connectivity index is 1.82. The standard InChI is InChI=1S/C15H13ClN2O/c16-13-5-1-4-12(9-13)15(6-7-15)18-14(19)11-3-2-8-17-10-11/h1-5,8-10H,6-7H2,(H,18,19). The molecule has 0 spiro atoms. The van der Waals surface area contributed by atoms with E-state index in [2.05, 4.69) is 10.3 Å². The van der Waals surface area contributed by atoms with E-state index in [-0.39, 0.29) is 11.4 Å². The van der Waals surface area contributed by atoms with E-state index in [1.165, 1.54) is 0 Å². The zero-order valence-corrected chi connectivity index (χ0v) is 11.0. The van der Waals surface area contributed by atoms with Crippen LogP contribution in [0.2, 0.25) is 5.02 Å². The van der Waals surface area contributed by atoms with Crippen molar-refractivity contribution in [2.45, 2.75) is 18.4 Å². The van der Waals surface area contributed by atoms with Gasteiger partial charge in [0.1, 0.15) is 0 Å². The van der Waals surface area contributed by atoms with E-state index in [0.717, 1.165) is 18.4 Å². The summed E-state index contributed by atoms with van der Waals surface area (Å²) in [4.78, 5) is 16.1. The van der Waals surface area contributed by atoms with Crippen LogP contribution in [-0.2, 0) is 5.54 Å². The first kappa shape index (κ1) is 12.2. The number of carbonyl (C=O) groups is 1. The largest absolute Gasteiger partial charge is 0.342 e. The molecular weight excluding hydrogens is 260 g/mol. The molecule has 3 rings (SSSR count). The molecule has 1 aliphatic rings. The smallest absolute Gasteiger partial charge is 0.253 e. The van der Waals surface area contributed by atoms with Crippen LogP contribution in [0.4, 0.5) is 0 Å². The number of nitrogens with zero attached hydrogens (tertiary/aromatic N) is 1. The molecule has 4 heteroatoms. The number of nitrogens with one attached hydrogen (secondary N) is 1. The van der Waals surface area contributed by atoms with Gasteiger partial charge in [-0.25, -0.2) is 0 Å². The average Bonchev–Trinajstić information content (AvgIpc) is 3.21. The number of hydrogen-bond donors (Lipinski definition) is 1. The van der Waals surface area contributed by atoms with Gasteiger partial charge in [-0.2, -0.15) is 0 Å². The number of aromatic nitrogens is 1.